The van der Waals surface area contributed by atoms with Gasteiger partial charge in [-0.25, -0.2) is 0 Å². The van der Waals surface area contributed by atoms with Crippen LogP contribution in [-0.4, -0.2) is 44.6 Å². The van der Waals surface area contributed by atoms with Crippen molar-refractivity contribution in [3.8, 4) is 0 Å². The molecule has 166 valence electrons. The van der Waals surface area contributed by atoms with Crippen molar-refractivity contribution in [1.82, 2.24) is 9.88 Å². The third-order valence-electron chi connectivity index (χ3n) is 7.80. The lowest BCUT2D eigenvalue weighted by atomic mass is 9.68. The fourth-order valence-electron chi connectivity index (χ4n) is 6.65. The van der Waals surface area contributed by atoms with E-state index in [1.54, 1.807) is 11.8 Å². The summed E-state index contributed by atoms with van der Waals surface area (Å²) in [6, 6.07) is 8.39. The van der Waals surface area contributed by atoms with Gasteiger partial charge in [0.25, 0.3) is 0 Å². The molecule has 2 aliphatic carbocycles. The molecule has 2 bridgehead atoms. The zero-order valence-electron chi connectivity index (χ0n) is 17.3. The van der Waals surface area contributed by atoms with Gasteiger partial charge >= 0.3 is 10.8 Å². The Morgan fingerprint density at radius 3 is 2.50 bits per heavy atom. The normalized spacial score (nSPS) is 34.5. The lowest BCUT2D eigenvalue weighted by Gasteiger charge is -2.43. The van der Waals surface area contributed by atoms with Crippen LogP contribution < -0.4 is 4.87 Å². The number of aliphatic carboxylic acids is 1. The number of hydrogen-bond donors (Lipinski definition) is 2. The molecule has 9 heteroatoms. The molecular formula is C23H22N2O5S2. The predicted octanol–water partition coefficient (Wildman–Crippen LogP) is 2.69. The number of carbonyl (C=O) groups is 3. The molecule has 3 heterocycles. The van der Waals surface area contributed by atoms with Crippen LogP contribution in [0.3, 0.4) is 0 Å². The van der Waals surface area contributed by atoms with E-state index in [4.69, 9.17) is 5.11 Å². The van der Waals surface area contributed by atoms with E-state index in [2.05, 4.69) is 29.2 Å². The number of nitrogens with zero attached hydrogens (tertiary/aromatic N) is 1. The highest BCUT2D eigenvalue weighted by Crippen LogP contribution is 2.68. The van der Waals surface area contributed by atoms with E-state index in [-0.39, 0.29) is 70.4 Å². The van der Waals surface area contributed by atoms with E-state index in [0.717, 1.165) is 27.5 Å². The molecule has 0 spiro atoms. The minimum absolute atomic E-state index is 0.0210. The van der Waals surface area contributed by atoms with Crippen LogP contribution in [0.4, 0.5) is 0 Å². The number of imide groups is 1. The average molecular weight is 471 g/mol. The van der Waals surface area contributed by atoms with Crippen LogP contribution in [0.2, 0.25) is 0 Å². The molecule has 7 atom stereocenters. The zero-order valence-corrected chi connectivity index (χ0v) is 18.9. The largest absolute Gasteiger partial charge is 0.481 e. The Bertz CT molecular complexity index is 1200. The Kier molecular flexibility index (Phi) is 4.46. The second-order valence-corrected chi connectivity index (χ2v) is 11.5. The topological polar surface area (TPSA) is 108 Å². The fraction of sp³-hybridized carbons (Fsp3) is 0.478. The molecule has 2 saturated carbocycles. The van der Waals surface area contributed by atoms with Gasteiger partial charge in [0, 0.05) is 22.6 Å². The van der Waals surface area contributed by atoms with Crippen LogP contribution in [0.25, 0.3) is 0 Å². The van der Waals surface area contributed by atoms with Gasteiger partial charge < -0.3 is 10.1 Å². The second kappa shape index (κ2) is 7.05. The Hall–Kier alpha value is -2.39. The molecule has 4 aliphatic rings. The summed E-state index contributed by atoms with van der Waals surface area (Å²) in [5.74, 6) is -1.83. The van der Waals surface area contributed by atoms with Crippen LogP contribution in [0.15, 0.2) is 34.1 Å². The Balaban J connectivity index is 1.41. The maximum atomic E-state index is 13.3. The van der Waals surface area contributed by atoms with Crippen LogP contribution in [0.5, 0.6) is 0 Å². The monoisotopic (exact) mass is 470 g/mol. The van der Waals surface area contributed by atoms with Gasteiger partial charge in [0.2, 0.25) is 11.8 Å². The van der Waals surface area contributed by atoms with Crippen molar-refractivity contribution in [2.75, 3.05) is 6.54 Å². The molecular weight excluding hydrogens is 448 g/mol. The number of hydrogen-bond acceptors (Lipinski definition) is 6. The smallest absolute Gasteiger partial charge is 0.305 e. The Morgan fingerprint density at radius 2 is 1.81 bits per heavy atom. The molecule has 2 N–H and O–H groups in total. The number of carboxylic acid groups (broad SMARTS) is 1. The number of aromatic amines is 1. The van der Waals surface area contributed by atoms with Gasteiger partial charge in [0.1, 0.15) is 0 Å². The number of carbonyl (C=O) groups excluding carboxylic acids is 2. The van der Waals surface area contributed by atoms with Gasteiger partial charge in [-0.2, -0.15) is 0 Å². The highest BCUT2D eigenvalue weighted by Gasteiger charge is 2.69. The minimum Gasteiger partial charge on any atom is -0.481 e. The quantitative estimate of drug-likeness (QED) is 0.666. The van der Waals surface area contributed by atoms with Gasteiger partial charge in [0.15, 0.2) is 0 Å². The summed E-state index contributed by atoms with van der Waals surface area (Å²) >= 11 is 2.92. The molecule has 7 nitrogen and oxygen atoms in total. The highest BCUT2D eigenvalue weighted by atomic mass is 32.2. The number of rotatable bonds is 4. The van der Waals surface area contributed by atoms with E-state index < -0.39 is 5.97 Å². The lowest BCUT2D eigenvalue weighted by Crippen LogP contribution is -2.42. The highest BCUT2D eigenvalue weighted by molar-refractivity contribution is 8.00. The van der Waals surface area contributed by atoms with Crippen LogP contribution in [0, 0.1) is 36.5 Å². The van der Waals surface area contributed by atoms with Crippen molar-refractivity contribution >= 4 is 40.9 Å². The molecule has 2 aromatic rings. The summed E-state index contributed by atoms with van der Waals surface area (Å²) in [5.41, 5.74) is 2.31. The average Bonchev–Trinajstić information content (AvgIpc) is 3.47. The van der Waals surface area contributed by atoms with Crippen LogP contribution in [-0.2, 0) is 14.4 Å². The summed E-state index contributed by atoms with van der Waals surface area (Å²) in [6.07, 6.45) is 0.613. The summed E-state index contributed by atoms with van der Waals surface area (Å²) in [7, 11) is 0. The number of carboxylic acids is 1. The molecule has 0 unspecified atom stereocenters. The molecule has 1 aromatic heterocycles. The number of amides is 2. The van der Waals surface area contributed by atoms with Gasteiger partial charge in [0.05, 0.1) is 23.3 Å². The van der Waals surface area contributed by atoms with Gasteiger partial charge in [-0.3, -0.25) is 24.1 Å². The van der Waals surface area contributed by atoms with Gasteiger partial charge in [-0.1, -0.05) is 41.2 Å². The number of aromatic nitrogens is 1. The Labute approximate surface area is 192 Å². The molecule has 1 saturated heterocycles. The first kappa shape index (κ1) is 20.2. The van der Waals surface area contributed by atoms with Gasteiger partial charge in [-0.05, 0) is 36.7 Å². The third kappa shape index (κ3) is 2.73. The van der Waals surface area contributed by atoms with E-state index >= 15 is 0 Å². The standard InChI is InChI=1S/C23H22N2O5S2/c1-9-2-4-10(5-3-9)14-15-11-8-12(18(15)31-20-19(14)32-23(30)24-20)17-16(11)21(28)25(22(17)29)7-6-13(26)27/h2-5,11-12,14-18H,6-8H2,1H3,(H,24,30)(H,26,27)/t11-,12-,14-,15-,16+,17+,18+/m1/s1. The number of likely N-dealkylation sites (tertiary alicyclic amines) is 1. The van der Waals surface area contributed by atoms with Crippen molar-refractivity contribution in [2.24, 2.45) is 29.6 Å². The molecule has 1 aromatic carbocycles. The van der Waals surface area contributed by atoms with Crippen LogP contribution >= 0.6 is 23.1 Å². The molecule has 2 aliphatic heterocycles. The number of thiazole rings is 1. The number of nitrogens with one attached hydrogen (secondary N) is 1. The number of thioether (sulfide) groups is 1. The zero-order chi connectivity index (χ0) is 22.3. The predicted molar refractivity (Wildman–Crippen MR) is 119 cm³/mol. The summed E-state index contributed by atoms with van der Waals surface area (Å²) in [4.78, 5) is 54.9. The van der Waals surface area contributed by atoms with Crippen molar-refractivity contribution in [2.45, 2.75) is 36.0 Å². The van der Waals surface area contributed by atoms with Crippen molar-refractivity contribution in [1.29, 1.82) is 0 Å². The van der Waals surface area contributed by atoms with Crippen LogP contribution in [0.1, 0.15) is 34.8 Å². The second-order valence-electron chi connectivity index (χ2n) is 9.34. The first-order chi connectivity index (χ1) is 15.3. The number of fused-ring (bicyclic) bond motifs is 9. The van der Waals surface area contributed by atoms with E-state index in [1.165, 1.54) is 16.2 Å². The first-order valence-corrected chi connectivity index (χ1v) is 12.6. The first-order valence-electron chi connectivity index (χ1n) is 10.9. The van der Waals surface area contributed by atoms with Crippen molar-refractivity contribution in [3.63, 3.8) is 0 Å². The number of aryl methyl sites for hydroxylation is 1. The fourth-order valence-corrected chi connectivity index (χ4v) is 9.54. The minimum atomic E-state index is -1.01. The third-order valence-corrected chi connectivity index (χ3v) is 10.4. The van der Waals surface area contributed by atoms with E-state index in [1.807, 2.05) is 6.92 Å². The molecule has 2 amide bonds. The van der Waals surface area contributed by atoms with E-state index in [0.29, 0.717) is 0 Å². The maximum absolute atomic E-state index is 13.3. The molecule has 6 rings (SSSR count). The number of H-pyrrole nitrogens is 1. The molecule has 3 fully saturated rings. The summed E-state index contributed by atoms with van der Waals surface area (Å²) < 4.78 is 0. The SMILES string of the molecule is Cc1ccc([C@H]2c3sc(=O)[nH]c3S[C@H]3[C@@H]4C[C@@H]([C@@H]5C(=O)N(CCC(=O)O)C(=O)[C@@H]45)[C@H]23)cc1. The summed E-state index contributed by atoms with van der Waals surface area (Å²) in [5, 5.41) is 10.1. The Morgan fingerprint density at radius 1 is 1.12 bits per heavy atom. The van der Waals surface area contributed by atoms with Crippen molar-refractivity contribution in [3.05, 3.63) is 49.9 Å². The lowest BCUT2D eigenvalue weighted by molar-refractivity contribution is -0.142. The van der Waals surface area contributed by atoms with E-state index in [9.17, 15) is 19.2 Å². The summed E-state index contributed by atoms with van der Waals surface area (Å²) in [6.45, 7) is 1.99. The van der Waals surface area contributed by atoms with Crippen molar-refractivity contribution < 1.29 is 19.5 Å². The van der Waals surface area contributed by atoms with Gasteiger partial charge in [-0.15, -0.1) is 11.8 Å². The molecule has 0 radical (unpaired) electrons. The molecule has 32 heavy (non-hydrogen) atoms. The maximum Gasteiger partial charge on any atom is 0.305 e. The number of benzene rings is 1.